The molecule has 1 aromatic heterocycles. The number of amides is 1. The first kappa shape index (κ1) is 14.1. The summed E-state index contributed by atoms with van der Waals surface area (Å²) in [6.45, 7) is 3.32. The van der Waals surface area contributed by atoms with E-state index < -0.39 is 0 Å². The maximum absolute atomic E-state index is 12.3. The minimum Gasteiger partial charge on any atom is -0.444 e. The summed E-state index contributed by atoms with van der Waals surface area (Å²) in [5.74, 6) is 0. The molecular weight excluding hydrogens is 298 g/mol. The second-order valence-electron chi connectivity index (χ2n) is 6.25. The molecule has 0 bridgehead atoms. The number of ether oxygens (including phenoxy) is 1. The highest BCUT2D eigenvalue weighted by atomic mass is 32.1. The normalized spacial score (nSPS) is 24.8. The summed E-state index contributed by atoms with van der Waals surface area (Å²) in [4.78, 5) is 20.7. The van der Waals surface area contributed by atoms with Gasteiger partial charge in [0, 0.05) is 37.6 Å². The van der Waals surface area contributed by atoms with Crippen molar-refractivity contribution in [1.82, 2.24) is 9.88 Å². The third kappa shape index (κ3) is 2.97. The summed E-state index contributed by atoms with van der Waals surface area (Å²) in [5.41, 5.74) is 3.24. The molecule has 0 aromatic carbocycles. The van der Waals surface area contributed by atoms with Crippen LogP contribution >= 0.6 is 11.3 Å². The number of nitrogens with zero attached hydrogens (tertiary/aromatic N) is 3. The van der Waals surface area contributed by atoms with E-state index in [0.717, 1.165) is 50.6 Å². The highest BCUT2D eigenvalue weighted by molar-refractivity contribution is 7.13. The standard InChI is InChI=1S/C16H21N3O2S/c20-16(18-7-3-13(4-8-18)12-1-2-12)21-14-5-9-19(11-14)15-17-6-10-22-15/h6,10,14H,1-5,7-9,11H2. The summed E-state index contributed by atoms with van der Waals surface area (Å²) < 4.78 is 5.70. The van der Waals surface area contributed by atoms with Gasteiger partial charge in [0.2, 0.25) is 0 Å². The number of allylic oxidation sites excluding steroid dienone is 1. The van der Waals surface area contributed by atoms with E-state index >= 15 is 0 Å². The van der Waals surface area contributed by atoms with Gasteiger partial charge in [-0.3, -0.25) is 0 Å². The van der Waals surface area contributed by atoms with Crippen LogP contribution in [0.1, 0.15) is 32.1 Å². The van der Waals surface area contributed by atoms with Crippen molar-refractivity contribution >= 4 is 22.6 Å². The molecule has 1 aromatic rings. The molecule has 0 radical (unpaired) electrons. The second-order valence-corrected chi connectivity index (χ2v) is 7.12. The Labute approximate surface area is 134 Å². The van der Waals surface area contributed by atoms with E-state index in [9.17, 15) is 4.79 Å². The van der Waals surface area contributed by atoms with Gasteiger partial charge in [-0.15, -0.1) is 11.3 Å². The van der Waals surface area contributed by atoms with Crippen LogP contribution in [0.4, 0.5) is 9.93 Å². The van der Waals surface area contributed by atoms with Crippen LogP contribution in [-0.2, 0) is 4.74 Å². The monoisotopic (exact) mass is 319 g/mol. The van der Waals surface area contributed by atoms with Crippen molar-refractivity contribution in [2.75, 3.05) is 31.1 Å². The average molecular weight is 319 g/mol. The minimum absolute atomic E-state index is 0.000386. The van der Waals surface area contributed by atoms with E-state index in [1.54, 1.807) is 22.5 Å². The van der Waals surface area contributed by atoms with Crippen molar-refractivity contribution in [2.45, 2.75) is 38.2 Å². The molecule has 4 rings (SSSR count). The molecule has 1 saturated carbocycles. The Hall–Kier alpha value is -1.56. The maximum Gasteiger partial charge on any atom is 0.410 e. The lowest BCUT2D eigenvalue weighted by Gasteiger charge is -2.29. The van der Waals surface area contributed by atoms with Crippen molar-refractivity contribution in [1.29, 1.82) is 0 Å². The second kappa shape index (κ2) is 5.91. The number of carbonyl (C=O) groups excluding carboxylic acids is 1. The van der Waals surface area contributed by atoms with E-state index in [-0.39, 0.29) is 12.2 Å². The van der Waals surface area contributed by atoms with Crippen molar-refractivity contribution in [2.24, 2.45) is 0 Å². The summed E-state index contributed by atoms with van der Waals surface area (Å²) in [6.07, 6.45) is 7.24. The fourth-order valence-corrected chi connectivity index (χ4v) is 4.00. The van der Waals surface area contributed by atoms with Crippen molar-refractivity contribution in [3.05, 3.63) is 22.7 Å². The fraction of sp³-hybridized carbons (Fsp3) is 0.625. The number of aromatic nitrogens is 1. The largest absolute Gasteiger partial charge is 0.444 e. The van der Waals surface area contributed by atoms with Gasteiger partial charge in [0.15, 0.2) is 5.13 Å². The van der Waals surface area contributed by atoms with Crippen molar-refractivity contribution < 1.29 is 9.53 Å². The molecule has 118 valence electrons. The van der Waals surface area contributed by atoms with E-state index in [1.165, 1.54) is 12.8 Å². The molecule has 22 heavy (non-hydrogen) atoms. The molecule has 0 spiro atoms. The van der Waals surface area contributed by atoms with Crippen LogP contribution in [0.15, 0.2) is 22.7 Å². The molecule has 1 atom stereocenters. The first-order valence-corrected chi connectivity index (χ1v) is 8.97. The van der Waals surface area contributed by atoms with E-state index in [4.69, 9.17) is 4.74 Å². The third-order valence-corrected chi connectivity index (χ3v) is 5.56. The average Bonchev–Trinajstić information content (AvgIpc) is 3.05. The molecule has 1 amide bonds. The molecular formula is C16H21N3O2S. The molecule has 6 heteroatoms. The van der Waals surface area contributed by atoms with E-state index in [1.807, 2.05) is 16.5 Å². The predicted octanol–water partition coefficient (Wildman–Crippen LogP) is 3.04. The summed E-state index contributed by atoms with van der Waals surface area (Å²) in [7, 11) is 0. The number of hydrogen-bond donors (Lipinski definition) is 0. The molecule has 2 saturated heterocycles. The number of anilines is 1. The summed E-state index contributed by atoms with van der Waals surface area (Å²) in [5, 5.41) is 3.01. The lowest BCUT2D eigenvalue weighted by molar-refractivity contribution is 0.0688. The van der Waals surface area contributed by atoms with Crippen LogP contribution in [0.25, 0.3) is 0 Å². The highest BCUT2D eigenvalue weighted by Crippen LogP contribution is 2.36. The minimum atomic E-state index is -0.133. The SMILES string of the molecule is O=C(OC1CCN(c2nccs2)C1)N1CCC(=C2CC2)CC1. The Morgan fingerprint density at radius 2 is 1.95 bits per heavy atom. The number of carbonyl (C=O) groups is 1. The fourth-order valence-electron chi connectivity index (χ4n) is 3.32. The van der Waals surface area contributed by atoms with E-state index in [2.05, 4.69) is 9.88 Å². The van der Waals surface area contributed by atoms with Gasteiger partial charge in [0.05, 0.1) is 6.54 Å². The Morgan fingerprint density at radius 3 is 2.64 bits per heavy atom. The zero-order valence-corrected chi connectivity index (χ0v) is 13.5. The Kier molecular flexibility index (Phi) is 3.78. The van der Waals surface area contributed by atoms with Crippen LogP contribution < -0.4 is 4.90 Å². The smallest absolute Gasteiger partial charge is 0.410 e. The van der Waals surface area contributed by atoms with Crippen LogP contribution in [-0.4, -0.2) is 48.3 Å². The molecule has 3 heterocycles. The molecule has 5 nitrogen and oxygen atoms in total. The van der Waals surface area contributed by atoms with Crippen LogP contribution in [0.5, 0.6) is 0 Å². The number of likely N-dealkylation sites (tertiary alicyclic amines) is 1. The van der Waals surface area contributed by atoms with Gasteiger partial charge in [-0.25, -0.2) is 9.78 Å². The zero-order valence-electron chi connectivity index (χ0n) is 12.7. The van der Waals surface area contributed by atoms with Gasteiger partial charge in [-0.2, -0.15) is 0 Å². The third-order valence-electron chi connectivity index (χ3n) is 4.73. The lowest BCUT2D eigenvalue weighted by atomic mass is 10.0. The number of hydrogen-bond acceptors (Lipinski definition) is 5. The van der Waals surface area contributed by atoms with Gasteiger partial charge < -0.3 is 14.5 Å². The van der Waals surface area contributed by atoms with Gasteiger partial charge in [-0.05, 0) is 25.7 Å². The lowest BCUT2D eigenvalue weighted by Crippen LogP contribution is -2.39. The van der Waals surface area contributed by atoms with Crippen molar-refractivity contribution in [3.8, 4) is 0 Å². The first-order chi connectivity index (χ1) is 10.8. The highest BCUT2D eigenvalue weighted by Gasteiger charge is 2.30. The Balaban J connectivity index is 1.27. The molecule has 0 N–H and O–H groups in total. The number of rotatable bonds is 2. The van der Waals surface area contributed by atoms with E-state index in [0.29, 0.717) is 0 Å². The molecule has 3 fully saturated rings. The van der Waals surface area contributed by atoms with Crippen LogP contribution in [0.2, 0.25) is 0 Å². The van der Waals surface area contributed by atoms with Gasteiger partial charge in [-0.1, -0.05) is 11.1 Å². The number of thiazole rings is 1. The molecule has 1 unspecified atom stereocenters. The van der Waals surface area contributed by atoms with Crippen LogP contribution in [0.3, 0.4) is 0 Å². The summed E-state index contributed by atoms with van der Waals surface area (Å²) >= 11 is 1.64. The first-order valence-electron chi connectivity index (χ1n) is 8.09. The van der Waals surface area contributed by atoms with Crippen LogP contribution in [0, 0.1) is 0 Å². The number of piperidine rings is 1. The van der Waals surface area contributed by atoms with Gasteiger partial charge in [0.1, 0.15) is 6.10 Å². The van der Waals surface area contributed by atoms with Gasteiger partial charge >= 0.3 is 6.09 Å². The maximum atomic E-state index is 12.3. The predicted molar refractivity (Wildman–Crippen MR) is 86.3 cm³/mol. The Bertz CT molecular complexity index is 568. The molecule has 1 aliphatic carbocycles. The van der Waals surface area contributed by atoms with Gasteiger partial charge in [0.25, 0.3) is 0 Å². The quantitative estimate of drug-likeness (QED) is 0.786. The topological polar surface area (TPSA) is 45.7 Å². The summed E-state index contributed by atoms with van der Waals surface area (Å²) in [6, 6.07) is 0. The molecule has 2 aliphatic heterocycles. The Morgan fingerprint density at radius 1 is 1.18 bits per heavy atom. The zero-order chi connectivity index (χ0) is 14.9. The van der Waals surface area contributed by atoms with Crippen molar-refractivity contribution in [3.63, 3.8) is 0 Å². The molecule has 3 aliphatic rings.